The molecule has 1 aromatic rings. The molecular formula is C17H27NS. The molecule has 2 rings (SSSR count). The summed E-state index contributed by atoms with van der Waals surface area (Å²) < 4.78 is 0. The number of rotatable bonds is 4. The molecule has 19 heavy (non-hydrogen) atoms. The third-order valence-electron chi connectivity index (χ3n) is 3.94. The molecule has 0 spiro atoms. The zero-order valence-electron chi connectivity index (χ0n) is 12.5. The monoisotopic (exact) mass is 277 g/mol. The lowest BCUT2D eigenvalue weighted by molar-refractivity contribution is 0.394. The maximum Gasteiger partial charge on any atom is 0.0108 e. The van der Waals surface area contributed by atoms with Crippen LogP contribution in [-0.2, 0) is 6.42 Å². The first kappa shape index (κ1) is 14.9. The summed E-state index contributed by atoms with van der Waals surface area (Å²) in [5.41, 5.74) is 8.78. The van der Waals surface area contributed by atoms with E-state index in [4.69, 9.17) is 5.73 Å². The fraction of sp³-hybridized carbons (Fsp3) is 0.647. The fourth-order valence-corrected chi connectivity index (χ4v) is 4.50. The summed E-state index contributed by atoms with van der Waals surface area (Å²) in [6.07, 6.45) is 6.55. The highest BCUT2D eigenvalue weighted by atomic mass is 32.2. The van der Waals surface area contributed by atoms with E-state index < -0.39 is 0 Å². The Morgan fingerprint density at radius 3 is 2.84 bits per heavy atom. The summed E-state index contributed by atoms with van der Waals surface area (Å²) in [6, 6.07) is 7.10. The topological polar surface area (TPSA) is 26.0 Å². The number of hydrogen-bond donors (Lipinski definition) is 1. The van der Waals surface area contributed by atoms with Crippen LogP contribution in [0, 0.1) is 12.8 Å². The zero-order chi connectivity index (χ0) is 13.8. The van der Waals surface area contributed by atoms with Gasteiger partial charge in [0.2, 0.25) is 0 Å². The van der Waals surface area contributed by atoms with Gasteiger partial charge in [-0.2, -0.15) is 0 Å². The molecule has 3 atom stereocenters. The van der Waals surface area contributed by atoms with Crippen molar-refractivity contribution in [2.24, 2.45) is 11.7 Å². The molecule has 106 valence electrons. The molecule has 0 heterocycles. The van der Waals surface area contributed by atoms with E-state index in [2.05, 4.69) is 50.7 Å². The largest absolute Gasteiger partial charge is 0.328 e. The van der Waals surface area contributed by atoms with Gasteiger partial charge in [0.15, 0.2) is 0 Å². The van der Waals surface area contributed by atoms with Crippen LogP contribution < -0.4 is 5.73 Å². The molecular weight excluding hydrogens is 250 g/mol. The third-order valence-corrected chi connectivity index (χ3v) is 5.35. The average molecular weight is 277 g/mol. The van der Waals surface area contributed by atoms with Crippen LogP contribution in [0.2, 0.25) is 0 Å². The molecule has 1 nitrogen and oxygen atoms in total. The Kier molecular flexibility index (Phi) is 5.35. The molecule has 1 aliphatic rings. The van der Waals surface area contributed by atoms with E-state index in [1.807, 2.05) is 0 Å². The van der Waals surface area contributed by atoms with E-state index in [9.17, 15) is 0 Å². The van der Waals surface area contributed by atoms with Gasteiger partial charge in [0.25, 0.3) is 0 Å². The van der Waals surface area contributed by atoms with Crippen molar-refractivity contribution in [2.75, 3.05) is 0 Å². The van der Waals surface area contributed by atoms with E-state index in [1.54, 1.807) is 0 Å². The van der Waals surface area contributed by atoms with Crippen LogP contribution in [0.15, 0.2) is 23.1 Å². The Balaban J connectivity index is 2.10. The number of nitrogens with two attached hydrogens (primary N) is 1. The minimum atomic E-state index is 0.242. The lowest BCUT2D eigenvalue weighted by Crippen LogP contribution is -2.19. The maximum absolute atomic E-state index is 5.99. The lowest BCUT2D eigenvalue weighted by atomic mass is 9.91. The Hall–Kier alpha value is -0.470. The Bertz CT molecular complexity index is 414. The van der Waals surface area contributed by atoms with Crippen LogP contribution >= 0.6 is 11.8 Å². The van der Waals surface area contributed by atoms with Gasteiger partial charge in [0.1, 0.15) is 0 Å². The fourth-order valence-electron chi connectivity index (χ4n) is 2.99. The van der Waals surface area contributed by atoms with Crippen molar-refractivity contribution >= 4 is 11.8 Å². The highest BCUT2D eigenvalue weighted by molar-refractivity contribution is 8.00. The van der Waals surface area contributed by atoms with Crippen molar-refractivity contribution in [3.05, 3.63) is 29.3 Å². The number of thioether (sulfide) groups is 1. The summed E-state index contributed by atoms with van der Waals surface area (Å²) in [4.78, 5) is 1.46. The van der Waals surface area contributed by atoms with Gasteiger partial charge in [-0.3, -0.25) is 0 Å². The van der Waals surface area contributed by atoms with Crippen molar-refractivity contribution < 1.29 is 0 Å². The molecule has 2 N–H and O–H groups in total. The molecule has 0 radical (unpaired) electrons. The molecule has 0 amide bonds. The Morgan fingerprint density at radius 2 is 2.16 bits per heavy atom. The molecule has 0 aromatic heterocycles. The van der Waals surface area contributed by atoms with Crippen molar-refractivity contribution in [3.8, 4) is 0 Å². The Morgan fingerprint density at radius 1 is 1.37 bits per heavy atom. The quantitative estimate of drug-likeness (QED) is 0.873. The van der Waals surface area contributed by atoms with Crippen LogP contribution in [0.4, 0.5) is 0 Å². The lowest BCUT2D eigenvalue weighted by Gasteiger charge is -2.27. The average Bonchev–Trinajstić information content (AvgIpc) is 2.32. The molecule has 0 bridgehead atoms. The third kappa shape index (κ3) is 4.54. The highest BCUT2D eigenvalue weighted by Crippen LogP contribution is 2.37. The van der Waals surface area contributed by atoms with E-state index in [0.29, 0.717) is 0 Å². The normalized spacial score (nSPS) is 25.3. The van der Waals surface area contributed by atoms with Crippen LogP contribution in [0.1, 0.15) is 50.7 Å². The van der Waals surface area contributed by atoms with Crippen molar-refractivity contribution in [1.29, 1.82) is 0 Å². The van der Waals surface area contributed by atoms with Crippen molar-refractivity contribution in [3.63, 3.8) is 0 Å². The molecule has 2 heteroatoms. The summed E-state index contributed by atoms with van der Waals surface area (Å²) >= 11 is 2.09. The van der Waals surface area contributed by atoms with Gasteiger partial charge >= 0.3 is 0 Å². The minimum absolute atomic E-state index is 0.242. The summed E-state index contributed by atoms with van der Waals surface area (Å²) in [7, 11) is 0. The van der Waals surface area contributed by atoms with Gasteiger partial charge in [-0.25, -0.2) is 0 Å². The van der Waals surface area contributed by atoms with Gasteiger partial charge in [0.05, 0.1) is 0 Å². The second-order valence-corrected chi connectivity index (χ2v) is 7.65. The van der Waals surface area contributed by atoms with Gasteiger partial charge in [-0.15, -0.1) is 11.8 Å². The molecule has 0 aliphatic heterocycles. The molecule has 0 saturated heterocycles. The number of aryl methyl sites for hydroxylation is 1. The zero-order valence-corrected chi connectivity index (χ0v) is 13.3. The molecule has 1 saturated carbocycles. The van der Waals surface area contributed by atoms with E-state index in [0.717, 1.165) is 17.6 Å². The van der Waals surface area contributed by atoms with E-state index >= 15 is 0 Å². The van der Waals surface area contributed by atoms with Gasteiger partial charge < -0.3 is 5.73 Å². The van der Waals surface area contributed by atoms with E-state index in [1.165, 1.54) is 41.7 Å². The number of hydrogen-bond acceptors (Lipinski definition) is 2. The predicted molar refractivity (Wildman–Crippen MR) is 85.8 cm³/mol. The van der Waals surface area contributed by atoms with Gasteiger partial charge in [-0.1, -0.05) is 37.5 Å². The van der Waals surface area contributed by atoms with Gasteiger partial charge in [-0.05, 0) is 50.7 Å². The standard InChI is InChI=1S/C17H27NS/c1-12-5-4-6-16(10-12)19-17-8-7-13(2)9-15(17)11-14(3)18/h7-9,12,14,16H,4-6,10-11,18H2,1-3H3. The van der Waals surface area contributed by atoms with E-state index in [-0.39, 0.29) is 6.04 Å². The molecule has 1 aliphatic carbocycles. The van der Waals surface area contributed by atoms with Crippen LogP contribution in [0.3, 0.4) is 0 Å². The van der Waals surface area contributed by atoms with Crippen LogP contribution in [0.5, 0.6) is 0 Å². The van der Waals surface area contributed by atoms with Crippen molar-refractivity contribution in [1.82, 2.24) is 0 Å². The minimum Gasteiger partial charge on any atom is -0.328 e. The SMILES string of the molecule is Cc1ccc(SC2CCCC(C)C2)c(CC(C)N)c1. The first-order valence-electron chi connectivity index (χ1n) is 7.56. The number of benzene rings is 1. The predicted octanol–water partition coefficient (Wildman–Crippen LogP) is 4.56. The first-order valence-corrected chi connectivity index (χ1v) is 8.44. The maximum atomic E-state index is 5.99. The molecule has 1 aromatic carbocycles. The summed E-state index contributed by atoms with van der Waals surface area (Å²) in [6.45, 7) is 6.66. The van der Waals surface area contributed by atoms with Gasteiger partial charge in [0, 0.05) is 16.2 Å². The smallest absolute Gasteiger partial charge is 0.0108 e. The highest BCUT2D eigenvalue weighted by Gasteiger charge is 2.20. The van der Waals surface area contributed by atoms with Crippen LogP contribution in [-0.4, -0.2) is 11.3 Å². The summed E-state index contributed by atoms with van der Waals surface area (Å²) in [5.74, 6) is 0.897. The second kappa shape index (κ2) is 6.81. The van der Waals surface area contributed by atoms with Crippen LogP contribution in [0.25, 0.3) is 0 Å². The molecule has 1 fully saturated rings. The second-order valence-electron chi connectivity index (χ2n) is 6.30. The summed E-state index contributed by atoms with van der Waals surface area (Å²) in [5, 5.41) is 0.804. The first-order chi connectivity index (χ1) is 9.04. The Labute approximate surface area is 122 Å². The molecule has 3 unspecified atom stereocenters. The van der Waals surface area contributed by atoms with Crippen molar-refractivity contribution in [2.45, 2.75) is 69.1 Å².